The average molecular weight is 362 g/mol. The normalized spacial score (nSPS) is 17.3. The molecular formula is C16H16BrN3S. The molecule has 2 aromatic rings. The zero-order valence-electron chi connectivity index (χ0n) is 11.8. The van der Waals surface area contributed by atoms with Gasteiger partial charge in [0.25, 0.3) is 0 Å². The highest BCUT2D eigenvalue weighted by molar-refractivity contribution is 9.10. The Kier molecular flexibility index (Phi) is 4.01. The lowest BCUT2D eigenvalue weighted by Gasteiger charge is -2.26. The molecule has 2 heterocycles. The predicted octanol–water partition coefficient (Wildman–Crippen LogP) is 4.54. The quantitative estimate of drug-likeness (QED) is 0.853. The molecule has 0 aromatic carbocycles. The van der Waals surface area contributed by atoms with Gasteiger partial charge in [0.1, 0.15) is 17.5 Å². The topological polar surface area (TPSA) is 62.7 Å². The highest BCUT2D eigenvalue weighted by atomic mass is 79.9. The number of hydrogen-bond acceptors (Lipinski definition) is 4. The lowest BCUT2D eigenvalue weighted by atomic mass is 9.81. The van der Waals surface area contributed by atoms with Gasteiger partial charge in [0.2, 0.25) is 0 Å². The molecule has 0 fully saturated rings. The molecule has 21 heavy (non-hydrogen) atoms. The molecule has 0 saturated heterocycles. The van der Waals surface area contributed by atoms with Crippen LogP contribution in [-0.4, -0.2) is 4.98 Å². The second-order valence-corrected chi connectivity index (χ2v) is 7.26. The molecule has 0 saturated carbocycles. The number of thiophene rings is 1. The van der Waals surface area contributed by atoms with E-state index in [1.165, 1.54) is 12.0 Å². The van der Waals surface area contributed by atoms with Crippen LogP contribution in [0, 0.1) is 17.2 Å². The standard InChI is InChI=1S/C16H16BrN3S/c1-2-9-3-4-13-11(5-9)15(12(7-18)16(19)20-13)14-6-10(17)8-21-14/h6,8-9H,2-5H2,1H3,(H2,19,20). The molecule has 2 N–H and O–H groups in total. The minimum atomic E-state index is 0.366. The predicted molar refractivity (Wildman–Crippen MR) is 90.2 cm³/mol. The summed E-state index contributed by atoms with van der Waals surface area (Å²) in [5.74, 6) is 1.04. The van der Waals surface area contributed by atoms with Gasteiger partial charge in [-0.3, -0.25) is 0 Å². The maximum Gasteiger partial charge on any atom is 0.142 e. The first-order valence-corrected chi connectivity index (χ1v) is 8.77. The third-order valence-corrected chi connectivity index (χ3v) is 5.91. The number of fused-ring (bicyclic) bond motifs is 1. The van der Waals surface area contributed by atoms with Crippen LogP contribution in [0.5, 0.6) is 0 Å². The van der Waals surface area contributed by atoms with Crippen molar-refractivity contribution in [3.63, 3.8) is 0 Å². The molecule has 1 atom stereocenters. The lowest BCUT2D eigenvalue weighted by Crippen LogP contribution is -2.18. The van der Waals surface area contributed by atoms with Crippen LogP contribution in [-0.2, 0) is 12.8 Å². The van der Waals surface area contributed by atoms with Crippen LogP contribution in [0.25, 0.3) is 10.4 Å². The van der Waals surface area contributed by atoms with Crippen LogP contribution in [0.1, 0.15) is 36.6 Å². The largest absolute Gasteiger partial charge is 0.383 e. The number of aryl methyl sites for hydroxylation is 1. The summed E-state index contributed by atoms with van der Waals surface area (Å²) in [5.41, 5.74) is 9.87. The minimum absolute atomic E-state index is 0.366. The summed E-state index contributed by atoms with van der Waals surface area (Å²) in [5, 5.41) is 11.6. The van der Waals surface area contributed by atoms with Gasteiger partial charge >= 0.3 is 0 Å². The fraction of sp³-hybridized carbons (Fsp3) is 0.375. The number of nitrogen functional groups attached to an aromatic ring is 1. The van der Waals surface area contributed by atoms with Crippen molar-refractivity contribution in [3.05, 3.63) is 32.7 Å². The first-order valence-electron chi connectivity index (χ1n) is 7.09. The molecule has 2 aromatic heterocycles. The SMILES string of the molecule is CCC1CCc2nc(N)c(C#N)c(-c3cc(Br)cs3)c2C1. The van der Waals surface area contributed by atoms with Crippen molar-refractivity contribution in [2.45, 2.75) is 32.6 Å². The number of rotatable bonds is 2. The van der Waals surface area contributed by atoms with E-state index in [0.29, 0.717) is 17.3 Å². The zero-order valence-corrected chi connectivity index (χ0v) is 14.2. The van der Waals surface area contributed by atoms with Crippen molar-refractivity contribution in [1.29, 1.82) is 5.26 Å². The van der Waals surface area contributed by atoms with E-state index in [1.807, 2.05) is 5.38 Å². The summed E-state index contributed by atoms with van der Waals surface area (Å²) < 4.78 is 1.04. The Labute approximate surface area is 136 Å². The molecule has 0 radical (unpaired) electrons. The minimum Gasteiger partial charge on any atom is -0.383 e. The Balaban J connectivity index is 2.25. The molecule has 0 bridgehead atoms. The van der Waals surface area contributed by atoms with E-state index in [4.69, 9.17) is 5.73 Å². The average Bonchev–Trinajstić information content (AvgIpc) is 2.91. The van der Waals surface area contributed by atoms with Crippen molar-refractivity contribution in [1.82, 2.24) is 4.98 Å². The maximum absolute atomic E-state index is 9.51. The fourth-order valence-electron chi connectivity index (χ4n) is 3.03. The molecule has 0 amide bonds. The zero-order chi connectivity index (χ0) is 15.0. The van der Waals surface area contributed by atoms with Crippen LogP contribution in [0.4, 0.5) is 5.82 Å². The molecule has 3 rings (SSSR count). The van der Waals surface area contributed by atoms with Crippen molar-refractivity contribution in [2.24, 2.45) is 5.92 Å². The third kappa shape index (κ3) is 2.58. The lowest BCUT2D eigenvalue weighted by molar-refractivity contribution is 0.441. The second kappa shape index (κ2) is 5.78. The maximum atomic E-state index is 9.51. The summed E-state index contributed by atoms with van der Waals surface area (Å²) in [7, 11) is 0. The van der Waals surface area contributed by atoms with Gasteiger partial charge in [-0.15, -0.1) is 11.3 Å². The number of nitrogens with two attached hydrogens (primary N) is 1. The van der Waals surface area contributed by atoms with Crippen LogP contribution >= 0.6 is 27.3 Å². The van der Waals surface area contributed by atoms with Crippen molar-refractivity contribution in [3.8, 4) is 16.5 Å². The van der Waals surface area contributed by atoms with Crippen molar-refractivity contribution >= 4 is 33.1 Å². The summed E-state index contributed by atoms with van der Waals surface area (Å²) in [6.07, 6.45) is 4.29. The van der Waals surface area contributed by atoms with E-state index in [-0.39, 0.29) is 0 Å². The van der Waals surface area contributed by atoms with Crippen molar-refractivity contribution in [2.75, 3.05) is 5.73 Å². The van der Waals surface area contributed by atoms with Gasteiger partial charge in [0.05, 0.1) is 0 Å². The molecule has 1 aliphatic rings. The van der Waals surface area contributed by atoms with Crippen LogP contribution in [0.2, 0.25) is 0 Å². The van der Waals surface area contributed by atoms with Gasteiger partial charge in [-0.05, 0) is 52.7 Å². The van der Waals surface area contributed by atoms with E-state index in [2.05, 4.69) is 40.0 Å². The fourth-order valence-corrected chi connectivity index (χ4v) is 4.53. The Bertz CT molecular complexity index is 730. The van der Waals surface area contributed by atoms with Gasteiger partial charge < -0.3 is 5.73 Å². The number of aromatic nitrogens is 1. The Hall–Kier alpha value is -1.38. The first kappa shape index (κ1) is 14.6. The van der Waals surface area contributed by atoms with E-state index >= 15 is 0 Å². The molecular weight excluding hydrogens is 346 g/mol. The van der Waals surface area contributed by atoms with Crippen LogP contribution < -0.4 is 5.73 Å². The second-order valence-electron chi connectivity index (χ2n) is 5.43. The van der Waals surface area contributed by atoms with Gasteiger partial charge in [-0.25, -0.2) is 4.98 Å². The number of nitrogens with zero attached hydrogens (tertiary/aromatic N) is 2. The third-order valence-electron chi connectivity index (χ3n) is 4.20. The van der Waals surface area contributed by atoms with Crippen LogP contribution in [0.3, 0.4) is 0 Å². The highest BCUT2D eigenvalue weighted by Gasteiger charge is 2.26. The van der Waals surface area contributed by atoms with Gasteiger partial charge in [-0.2, -0.15) is 5.26 Å². The molecule has 0 spiro atoms. The van der Waals surface area contributed by atoms with Gasteiger partial charge in [-0.1, -0.05) is 13.3 Å². The molecule has 1 aliphatic carbocycles. The van der Waals surface area contributed by atoms with E-state index < -0.39 is 0 Å². The number of hydrogen-bond donors (Lipinski definition) is 1. The highest BCUT2D eigenvalue weighted by Crippen LogP contribution is 2.41. The Morgan fingerprint density at radius 2 is 2.38 bits per heavy atom. The summed E-state index contributed by atoms with van der Waals surface area (Å²) in [4.78, 5) is 5.59. The summed E-state index contributed by atoms with van der Waals surface area (Å²) in [6.45, 7) is 2.23. The van der Waals surface area contributed by atoms with E-state index in [9.17, 15) is 5.26 Å². The van der Waals surface area contributed by atoms with Crippen LogP contribution in [0.15, 0.2) is 15.9 Å². The first-order chi connectivity index (χ1) is 10.1. The smallest absolute Gasteiger partial charge is 0.142 e. The number of pyridine rings is 1. The monoisotopic (exact) mass is 361 g/mol. The molecule has 0 aliphatic heterocycles. The van der Waals surface area contributed by atoms with E-state index in [1.54, 1.807) is 11.3 Å². The Morgan fingerprint density at radius 1 is 1.57 bits per heavy atom. The summed E-state index contributed by atoms with van der Waals surface area (Å²) in [6, 6.07) is 4.32. The number of anilines is 1. The molecule has 108 valence electrons. The molecule has 3 nitrogen and oxygen atoms in total. The Morgan fingerprint density at radius 3 is 3.00 bits per heavy atom. The number of nitriles is 1. The van der Waals surface area contributed by atoms with Gasteiger partial charge in [0.15, 0.2) is 0 Å². The summed E-state index contributed by atoms with van der Waals surface area (Å²) >= 11 is 5.14. The number of halogens is 1. The molecule has 5 heteroatoms. The van der Waals surface area contributed by atoms with E-state index in [0.717, 1.165) is 39.9 Å². The van der Waals surface area contributed by atoms with Crippen molar-refractivity contribution < 1.29 is 0 Å². The van der Waals surface area contributed by atoms with Gasteiger partial charge in [0, 0.05) is 26.0 Å². The molecule has 1 unspecified atom stereocenters.